The highest BCUT2D eigenvalue weighted by atomic mass is 16.5. The van der Waals surface area contributed by atoms with Crippen LogP contribution >= 0.6 is 0 Å². The van der Waals surface area contributed by atoms with Crippen molar-refractivity contribution in [2.24, 2.45) is 0 Å². The molecule has 0 radical (unpaired) electrons. The van der Waals surface area contributed by atoms with E-state index >= 15 is 0 Å². The Balaban J connectivity index is 1.99. The van der Waals surface area contributed by atoms with Crippen molar-refractivity contribution in [2.75, 3.05) is 13.2 Å². The molecule has 0 aliphatic heterocycles. The van der Waals surface area contributed by atoms with Gasteiger partial charge in [0.25, 0.3) is 0 Å². The monoisotopic (exact) mass is 340 g/mol. The number of rotatable bonds is 9. The Morgan fingerprint density at radius 3 is 2.48 bits per heavy atom. The van der Waals surface area contributed by atoms with E-state index in [1.807, 2.05) is 31.2 Å². The summed E-state index contributed by atoms with van der Waals surface area (Å²) in [5.74, 6) is -0.109. The molecule has 0 fully saturated rings. The molecule has 2 rings (SSSR count). The topological polar surface area (TPSA) is 72.8 Å². The maximum absolute atomic E-state index is 12.2. The molecule has 2 aromatic carbocycles. The molecule has 5 heteroatoms. The number of aliphatic carboxylic acids is 1. The lowest BCUT2D eigenvalue weighted by atomic mass is 10.1. The molecule has 0 unspecified atom stereocenters. The highest BCUT2D eigenvalue weighted by molar-refractivity contribution is 6.07. The SMILES string of the molecule is CCCOc1ccc(/C=C/C(=O)c2cccc(OCC(=O)O)c2)cc1. The molecule has 0 saturated carbocycles. The average Bonchev–Trinajstić information content (AvgIpc) is 2.63. The molecule has 25 heavy (non-hydrogen) atoms. The Kier molecular flexibility index (Phi) is 6.77. The number of hydrogen-bond acceptors (Lipinski definition) is 4. The van der Waals surface area contributed by atoms with Crippen molar-refractivity contribution in [1.82, 2.24) is 0 Å². The third-order valence-electron chi connectivity index (χ3n) is 3.26. The van der Waals surface area contributed by atoms with Crippen molar-refractivity contribution in [2.45, 2.75) is 13.3 Å². The Labute approximate surface area is 146 Å². The molecule has 1 N–H and O–H groups in total. The second-order valence-corrected chi connectivity index (χ2v) is 5.33. The molecule has 130 valence electrons. The Hall–Kier alpha value is -3.08. The molecule has 2 aromatic rings. The zero-order valence-electron chi connectivity index (χ0n) is 14.0. The first-order valence-electron chi connectivity index (χ1n) is 7.98. The minimum absolute atomic E-state index is 0.188. The average molecular weight is 340 g/mol. The lowest BCUT2D eigenvalue weighted by Crippen LogP contribution is -2.09. The number of carboxylic acid groups (broad SMARTS) is 1. The summed E-state index contributed by atoms with van der Waals surface area (Å²) in [6, 6.07) is 13.9. The predicted octanol–water partition coefficient (Wildman–Crippen LogP) is 3.83. The molecule has 0 aliphatic rings. The van der Waals surface area contributed by atoms with Gasteiger partial charge in [0.1, 0.15) is 11.5 Å². The van der Waals surface area contributed by atoms with Gasteiger partial charge in [-0.05, 0) is 42.3 Å². The highest BCUT2D eigenvalue weighted by Gasteiger charge is 2.05. The molecule has 5 nitrogen and oxygen atoms in total. The minimum Gasteiger partial charge on any atom is -0.494 e. The van der Waals surface area contributed by atoms with Crippen LogP contribution in [0.3, 0.4) is 0 Å². The van der Waals surface area contributed by atoms with E-state index in [1.165, 1.54) is 12.1 Å². The summed E-state index contributed by atoms with van der Waals surface area (Å²) < 4.78 is 10.6. The van der Waals surface area contributed by atoms with E-state index in [-0.39, 0.29) is 5.78 Å². The predicted molar refractivity (Wildman–Crippen MR) is 95.2 cm³/mol. The third kappa shape index (κ3) is 6.14. The van der Waals surface area contributed by atoms with Crippen molar-refractivity contribution in [3.63, 3.8) is 0 Å². The molecule has 0 heterocycles. The van der Waals surface area contributed by atoms with E-state index < -0.39 is 12.6 Å². The standard InChI is InChI=1S/C20H20O5/c1-2-12-24-17-9-6-15(7-10-17)8-11-19(21)16-4-3-5-18(13-16)25-14-20(22)23/h3-11,13H,2,12,14H2,1H3,(H,22,23)/b11-8+. The summed E-state index contributed by atoms with van der Waals surface area (Å²) in [5, 5.41) is 8.62. The van der Waals surface area contributed by atoms with E-state index in [1.54, 1.807) is 24.3 Å². The van der Waals surface area contributed by atoms with Gasteiger partial charge in [-0.1, -0.05) is 37.3 Å². The van der Waals surface area contributed by atoms with E-state index in [4.69, 9.17) is 14.6 Å². The fourth-order valence-electron chi connectivity index (χ4n) is 2.05. The number of benzene rings is 2. The van der Waals surface area contributed by atoms with E-state index in [0.29, 0.717) is 17.9 Å². The largest absolute Gasteiger partial charge is 0.494 e. The summed E-state index contributed by atoms with van der Waals surface area (Å²) in [6.07, 6.45) is 4.14. The molecule has 0 aromatic heterocycles. The van der Waals surface area contributed by atoms with Crippen molar-refractivity contribution in [1.29, 1.82) is 0 Å². The van der Waals surface area contributed by atoms with Gasteiger partial charge in [0.15, 0.2) is 12.4 Å². The van der Waals surface area contributed by atoms with Crippen molar-refractivity contribution >= 4 is 17.8 Å². The van der Waals surface area contributed by atoms with Crippen LogP contribution in [-0.4, -0.2) is 30.1 Å². The van der Waals surface area contributed by atoms with Crippen LogP contribution < -0.4 is 9.47 Å². The number of allylic oxidation sites excluding steroid dienone is 1. The smallest absolute Gasteiger partial charge is 0.341 e. The first kappa shape index (κ1) is 18.3. The van der Waals surface area contributed by atoms with Crippen LogP contribution in [0.5, 0.6) is 11.5 Å². The molecule has 0 saturated heterocycles. The first-order chi connectivity index (χ1) is 12.1. The maximum Gasteiger partial charge on any atom is 0.341 e. The molecule has 0 spiro atoms. The van der Waals surface area contributed by atoms with Crippen molar-refractivity contribution in [3.05, 3.63) is 65.7 Å². The Morgan fingerprint density at radius 1 is 1.04 bits per heavy atom. The highest BCUT2D eigenvalue weighted by Crippen LogP contribution is 2.16. The van der Waals surface area contributed by atoms with Gasteiger partial charge in [-0.3, -0.25) is 4.79 Å². The number of hydrogen-bond donors (Lipinski definition) is 1. The summed E-state index contributed by atoms with van der Waals surface area (Å²) >= 11 is 0. The van der Waals surface area contributed by atoms with Crippen LogP contribution in [0.25, 0.3) is 6.08 Å². The van der Waals surface area contributed by atoms with Gasteiger partial charge in [0.2, 0.25) is 0 Å². The summed E-state index contributed by atoms with van der Waals surface area (Å²) in [5.41, 5.74) is 1.32. The third-order valence-corrected chi connectivity index (χ3v) is 3.26. The van der Waals surface area contributed by atoms with E-state index in [2.05, 4.69) is 0 Å². The molecular weight excluding hydrogens is 320 g/mol. The van der Waals surface area contributed by atoms with Gasteiger partial charge in [-0.15, -0.1) is 0 Å². The lowest BCUT2D eigenvalue weighted by Gasteiger charge is -2.05. The number of carboxylic acids is 1. The van der Waals surface area contributed by atoms with Crippen molar-refractivity contribution in [3.8, 4) is 11.5 Å². The first-order valence-corrected chi connectivity index (χ1v) is 7.98. The van der Waals surface area contributed by atoms with E-state index in [0.717, 1.165) is 17.7 Å². The lowest BCUT2D eigenvalue weighted by molar-refractivity contribution is -0.139. The summed E-state index contributed by atoms with van der Waals surface area (Å²) in [4.78, 5) is 22.8. The van der Waals surface area contributed by atoms with Gasteiger partial charge in [0.05, 0.1) is 6.61 Å². The fraction of sp³-hybridized carbons (Fsp3) is 0.200. The van der Waals surface area contributed by atoms with Gasteiger partial charge in [-0.25, -0.2) is 4.79 Å². The van der Waals surface area contributed by atoms with Gasteiger partial charge >= 0.3 is 5.97 Å². The fourth-order valence-corrected chi connectivity index (χ4v) is 2.05. The molecule has 0 amide bonds. The van der Waals surface area contributed by atoms with Gasteiger partial charge in [0, 0.05) is 5.56 Å². The van der Waals surface area contributed by atoms with Crippen LogP contribution in [0.1, 0.15) is 29.3 Å². The van der Waals surface area contributed by atoms with Crippen LogP contribution in [0, 0.1) is 0 Å². The molecule has 0 atom stereocenters. The number of ketones is 1. The normalized spacial score (nSPS) is 10.6. The van der Waals surface area contributed by atoms with Crippen molar-refractivity contribution < 1.29 is 24.2 Å². The zero-order valence-corrected chi connectivity index (χ0v) is 14.0. The van der Waals surface area contributed by atoms with Crippen LogP contribution in [0.15, 0.2) is 54.6 Å². The number of carbonyl (C=O) groups excluding carboxylic acids is 1. The van der Waals surface area contributed by atoms with Crippen LogP contribution in [0.4, 0.5) is 0 Å². The second-order valence-electron chi connectivity index (χ2n) is 5.33. The Bertz CT molecular complexity index is 747. The van der Waals surface area contributed by atoms with Crippen LogP contribution in [-0.2, 0) is 4.79 Å². The molecule has 0 bridgehead atoms. The van der Waals surface area contributed by atoms with Gasteiger partial charge < -0.3 is 14.6 Å². The molecule has 0 aliphatic carbocycles. The summed E-state index contributed by atoms with van der Waals surface area (Å²) in [7, 11) is 0. The van der Waals surface area contributed by atoms with Crippen LogP contribution in [0.2, 0.25) is 0 Å². The number of carbonyl (C=O) groups is 2. The Morgan fingerprint density at radius 2 is 1.80 bits per heavy atom. The maximum atomic E-state index is 12.2. The number of ether oxygens (including phenoxy) is 2. The summed E-state index contributed by atoms with van der Waals surface area (Å²) in [6.45, 7) is 2.28. The zero-order chi connectivity index (χ0) is 18.1. The van der Waals surface area contributed by atoms with E-state index in [9.17, 15) is 9.59 Å². The molecular formula is C20H20O5. The quantitative estimate of drug-likeness (QED) is 0.555. The van der Waals surface area contributed by atoms with Gasteiger partial charge in [-0.2, -0.15) is 0 Å². The second kappa shape index (κ2) is 9.27. The minimum atomic E-state index is -1.07.